The predicted octanol–water partition coefficient (Wildman–Crippen LogP) is 3.14. The van der Waals surface area contributed by atoms with Crippen LogP contribution in [-0.2, 0) is 0 Å². The van der Waals surface area contributed by atoms with E-state index in [1.54, 1.807) is 6.20 Å². The summed E-state index contributed by atoms with van der Waals surface area (Å²) in [5.41, 5.74) is 3.13. The van der Waals surface area contributed by atoms with Crippen molar-refractivity contribution >= 4 is 16.9 Å². The van der Waals surface area contributed by atoms with Gasteiger partial charge in [-0.2, -0.15) is 5.10 Å². The summed E-state index contributed by atoms with van der Waals surface area (Å²) in [5, 5.41) is 8.18. The topological polar surface area (TPSA) is 75.6 Å². The van der Waals surface area contributed by atoms with Gasteiger partial charge in [-0.3, -0.25) is 4.79 Å². The SMILES string of the molecule is Cc1cc(C(=O)NC(C)c2ccc[nH]2)c2cnn(C(C)C)c2n1. The van der Waals surface area contributed by atoms with E-state index in [0.29, 0.717) is 5.56 Å². The molecule has 23 heavy (non-hydrogen) atoms. The Labute approximate surface area is 134 Å². The molecule has 0 aliphatic rings. The molecule has 0 radical (unpaired) electrons. The van der Waals surface area contributed by atoms with E-state index in [2.05, 4.69) is 20.4 Å². The molecule has 0 saturated heterocycles. The molecule has 0 fully saturated rings. The molecular weight excluding hydrogens is 290 g/mol. The molecule has 2 N–H and O–H groups in total. The Balaban J connectivity index is 1.97. The number of aromatic nitrogens is 4. The molecule has 0 aromatic carbocycles. The maximum absolute atomic E-state index is 12.7. The van der Waals surface area contributed by atoms with Crippen molar-refractivity contribution in [3.05, 3.63) is 47.5 Å². The average Bonchev–Trinajstić information content (AvgIpc) is 3.15. The van der Waals surface area contributed by atoms with Crippen LogP contribution in [0.15, 0.2) is 30.6 Å². The van der Waals surface area contributed by atoms with Crippen molar-refractivity contribution in [2.45, 2.75) is 39.8 Å². The van der Waals surface area contributed by atoms with Crippen molar-refractivity contribution in [1.29, 1.82) is 0 Å². The zero-order valence-electron chi connectivity index (χ0n) is 13.8. The number of carbonyl (C=O) groups excluding carboxylic acids is 1. The number of fused-ring (bicyclic) bond motifs is 1. The van der Waals surface area contributed by atoms with E-state index in [1.165, 1.54) is 0 Å². The van der Waals surface area contributed by atoms with Crippen LogP contribution in [0.2, 0.25) is 0 Å². The smallest absolute Gasteiger partial charge is 0.252 e. The number of hydrogen-bond donors (Lipinski definition) is 2. The van der Waals surface area contributed by atoms with Gasteiger partial charge in [0.2, 0.25) is 0 Å². The van der Waals surface area contributed by atoms with Crippen molar-refractivity contribution in [2.75, 3.05) is 0 Å². The van der Waals surface area contributed by atoms with Gasteiger partial charge in [0.25, 0.3) is 5.91 Å². The first kappa shape index (κ1) is 15.3. The maximum atomic E-state index is 12.7. The highest BCUT2D eigenvalue weighted by Gasteiger charge is 2.18. The van der Waals surface area contributed by atoms with Crippen LogP contribution in [0.1, 0.15) is 54.6 Å². The fraction of sp³-hybridized carbons (Fsp3) is 0.353. The Morgan fingerprint density at radius 2 is 2.13 bits per heavy atom. The second-order valence-corrected chi connectivity index (χ2v) is 6.05. The van der Waals surface area contributed by atoms with Crippen LogP contribution >= 0.6 is 0 Å². The molecule has 3 aromatic rings. The van der Waals surface area contributed by atoms with Crippen LogP contribution in [0.5, 0.6) is 0 Å². The lowest BCUT2D eigenvalue weighted by atomic mass is 10.1. The van der Waals surface area contributed by atoms with Crippen molar-refractivity contribution < 1.29 is 4.79 Å². The minimum Gasteiger partial charge on any atom is -0.363 e. The van der Waals surface area contributed by atoms with Gasteiger partial charge >= 0.3 is 0 Å². The number of H-pyrrole nitrogens is 1. The molecule has 0 spiro atoms. The van der Waals surface area contributed by atoms with Crippen molar-refractivity contribution in [3.8, 4) is 0 Å². The lowest BCUT2D eigenvalue weighted by Crippen LogP contribution is -2.27. The van der Waals surface area contributed by atoms with Gasteiger partial charge in [0.1, 0.15) is 0 Å². The molecule has 6 heteroatoms. The normalized spacial score (nSPS) is 12.7. The minimum absolute atomic E-state index is 0.0961. The van der Waals surface area contributed by atoms with Crippen LogP contribution in [0.25, 0.3) is 11.0 Å². The summed E-state index contributed by atoms with van der Waals surface area (Å²) in [6.07, 6.45) is 3.56. The molecule has 1 amide bonds. The lowest BCUT2D eigenvalue weighted by molar-refractivity contribution is 0.0940. The van der Waals surface area contributed by atoms with E-state index in [0.717, 1.165) is 22.4 Å². The highest BCUT2D eigenvalue weighted by molar-refractivity contribution is 6.05. The number of aromatic amines is 1. The van der Waals surface area contributed by atoms with Crippen molar-refractivity contribution in [3.63, 3.8) is 0 Å². The largest absolute Gasteiger partial charge is 0.363 e. The third kappa shape index (κ3) is 2.84. The van der Waals surface area contributed by atoms with Gasteiger partial charge in [0, 0.05) is 23.6 Å². The molecule has 6 nitrogen and oxygen atoms in total. The summed E-state index contributed by atoms with van der Waals surface area (Å²) < 4.78 is 1.84. The second kappa shape index (κ2) is 5.87. The Bertz CT molecular complexity index is 832. The van der Waals surface area contributed by atoms with E-state index in [4.69, 9.17) is 0 Å². The zero-order valence-corrected chi connectivity index (χ0v) is 13.8. The number of nitrogens with one attached hydrogen (secondary N) is 2. The van der Waals surface area contributed by atoms with Gasteiger partial charge < -0.3 is 10.3 Å². The summed E-state index contributed by atoms with van der Waals surface area (Å²) in [6, 6.07) is 5.77. The van der Waals surface area contributed by atoms with Crippen LogP contribution in [0, 0.1) is 6.92 Å². The molecular formula is C17H21N5O. The van der Waals surface area contributed by atoms with Gasteiger partial charge in [-0.15, -0.1) is 0 Å². The van der Waals surface area contributed by atoms with Gasteiger partial charge in [0.05, 0.1) is 23.2 Å². The Hall–Kier alpha value is -2.63. The van der Waals surface area contributed by atoms with E-state index < -0.39 is 0 Å². The third-order valence-electron chi connectivity index (χ3n) is 3.86. The molecule has 3 rings (SSSR count). The number of nitrogens with zero attached hydrogens (tertiary/aromatic N) is 3. The van der Waals surface area contributed by atoms with Crippen LogP contribution < -0.4 is 5.32 Å². The Morgan fingerprint density at radius 1 is 1.35 bits per heavy atom. The molecule has 120 valence electrons. The first-order valence-corrected chi connectivity index (χ1v) is 7.76. The first-order valence-electron chi connectivity index (χ1n) is 7.76. The molecule has 0 saturated carbocycles. The van der Waals surface area contributed by atoms with E-state index in [9.17, 15) is 4.79 Å². The lowest BCUT2D eigenvalue weighted by Gasteiger charge is -2.14. The van der Waals surface area contributed by atoms with E-state index in [1.807, 2.05) is 56.8 Å². The molecule has 3 heterocycles. The molecule has 1 atom stereocenters. The highest BCUT2D eigenvalue weighted by atomic mass is 16.1. The zero-order chi connectivity index (χ0) is 16.6. The second-order valence-electron chi connectivity index (χ2n) is 6.05. The summed E-state index contributed by atoms with van der Waals surface area (Å²) in [7, 11) is 0. The fourth-order valence-corrected chi connectivity index (χ4v) is 2.67. The molecule has 0 aliphatic carbocycles. The highest BCUT2D eigenvalue weighted by Crippen LogP contribution is 2.21. The monoisotopic (exact) mass is 311 g/mol. The number of amides is 1. The van der Waals surface area contributed by atoms with Gasteiger partial charge in [-0.05, 0) is 45.9 Å². The maximum Gasteiger partial charge on any atom is 0.252 e. The summed E-state index contributed by atoms with van der Waals surface area (Å²) in [6.45, 7) is 7.93. The van der Waals surface area contributed by atoms with Gasteiger partial charge in [-0.25, -0.2) is 9.67 Å². The molecule has 0 bridgehead atoms. The van der Waals surface area contributed by atoms with Crippen molar-refractivity contribution in [2.24, 2.45) is 0 Å². The summed E-state index contributed by atoms with van der Waals surface area (Å²) >= 11 is 0. The molecule has 1 unspecified atom stereocenters. The predicted molar refractivity (Wildman–Crippen MR) is 89.3 cm³/mol. The molecule has 3 aromatic heterocycles. The van der Waals surface area contributed by atoms with Crippen LogP contribution in [0.4, 0.5) is 0 Å². The van der Waals surface area contributed by atoms with E-state index >= 15 is 0 Å². The summed E-state index contributed by atoms with van der Waals surface area (Å²) in [5.74, 6) is -0.120. The van der Waals surface area contributed by atoms with Crippen LogP contribution in [-0.4, -0.2) is 25.7 Å². The number of carbonyl (C=O) groups is 1. The number of pyridine rings is 1. The first-order chi connectivity index (χ1) is 11.0. The fourth-order valence-electron chi connectivity index (χ4n) is 2.67. The van der Waals surface area contributed by atoms with E-state index in [-0.39, 0.29) is 18.0 Å². The van der Waals surface area contributed by atoms with Gasteiger partial charge in [0.15, 0.2) is 5.65 Å². The Morgan fingerprint density at radius 3 is 2.78 bits per heavy atom. The van der Waals surface area contributed by atoms with Crippen molar-refractivity contribution in [1.82, 2.24) is 25.1 Å². The Kier molecular flexibility index (Phi) is 3.90. The number of hydrogen-bond acceptors (Lipinski definition) is 3. The molecule has 0 aliphatic heterocycles. The quantitative estimate of drug-likeness (QED) is 0.777. The third-order valence-corrected chi connectivity index (χ3v) is 3.86. The number of aryl methyl sites for hydroxylation is 1. The van der Waals surface area contributed by atoms with Gasteiger partial charge in [-0.1, -0.05) is 0 Å². The van der Waals surface area contributed by atoms with Crippen LogP contribution in [0.3, 0.4) is 0 Å². The average molecular weight is 311 g/mol. The minimum atomic E-state index is -0.120. The number of rotatable bonds is 4. The summed E-state index contributed by atoms with van der Waals surface area (Å²) in [4.78, 5) is 20.4. The standard InChI is InChI=1S/C17H21N5O/c1-10(2)22-16-14(9-19-22)13(8-11(3)20-16)17(23)21-12(4)15-6-5-7-18-15/h5-10,12,18H,1-4H3,(H,21,23).